The fourth-order valence-corrected chi connectivity index (χ4v) is 10.2. The molecule has 6 aromatic rings. The molecular formula is C68H96N14O10. The number of amides is 2. The zero-order valence-electron chi connectivity index (χ0n) is 55.3. The van der Waals surface area contributed by atoms with Gasteiger partial charge < -0.3 is 80.3 Å². The summed E-state index contributed by atoms with van der Waals surface area (Å²) >= 11 is 0. The molecule has 0 radical (unpaired) electrons. The van der Waals surface area contributed by atoms with Gasteiger partial charge in [0.25, 0.3) is 11.8 Å². The molecule has 0 saturated carbocycles. The van der Waals surface area contributed by atoms with Crippen molar-refractivity contribution in [2.45, 2.75) is 118 Å². The average molecular weight is 1270 g/mol. The number of fused-ring (bicyclic) bond motifs is 23. The van der Waals surface area contributed by atoms with Gasteiger partial charge in [-0.2, -0.15) is 29.9 Å². The number of anilines is 6. The molecule has 10 rings (SSSR count). The summed E-state index contributed by atoms with van der Waals surface area (Å²) in [5.74, 6) is 3.23. The Morgan fingerprint density at radius 3 is 1.32 bits per heavy atom. The zero-order valence-corrected chi connectivity index (χ0v) is 55.3. The molecule has 4 aliphatic rings. The third-order valence-corrected chi connectivity index (χ3v) is 14.4. The van der Waals surface area contributed by atoms with Gasteiger partial charge in [0.2, 0.25) is 23.8 Å². The highest BCUT2D eigenvalue weighted by Gasteiger charge is 2.25. The highest BCUT2D eigenvalue weighted by atomic mass is 16.5. The van der Waals surface area contributed by atoms with Gasteiger partial charge >= 0.3 is 12.0 Å². The van der Waals surface area contributed by atoms with Gasteiger partial charge in [-0.05, 0) is 164 Å². The Labute approximate surface area is 542 Å². The maximum Gasteiger partial charge on any atom is 0.323 e. The van der Waals surface area contributed by atoms with E-state index in [1.165, 1.54) is 0 Å². The van der Waals surface area contributed by atoms with Gasteiger partial charge in [-0.15, -0.1) is 0 Å². The zero-order chi connectivity index (χ0) is 65.9. The van der Waals surface area contributed by atoms with E-state index < -0.39 is 12.2 Å². The number of hydrogen-bond donors (Lipinski definition) is 8. The van der Waals surface area contributed by atoms with Crippen molar-refractivity contribution in [2.24, 2.45) is 10.8 Å². The Balaban J connectivity index is 0.000000261. The Bertz CT molecular complexity index is 3280. The summed E-state index contributed by atoms with van der Waals surface area (Å²) < 4.78 is 35.3. The normalized spacial score (nSPS) is 16.2. The minimum absolute atomic E-state index is 0.0933. The first-order valence-corrected chi connectivity index (χ1v) is 31.9. The molecule has 0 fully saturated rings. The van der Waals surface area contributed by atoms with Crippen molar-refractivity contribution in [3.05, 3.63) is 119 Å². The van der Waals surface area contributed by atoms with E-state index >= 15 is 0 Å². The molecule has 24 heteroatoms. The number of aromatic nitrogens is 6. The van der Waals surface area contributed by atoms with E-state index in [9.17, 15) is 19.8 Å². The lowest BCUT2D eigenvalue weighted by molar-refractivity contribution is 0.00432. The fraction of sp³-hybridized carbons (Fsp3) is 0.500. The van der Waals surface area contributed by atoms with Crippen LogP contribution in [0.4, 0.5) is 35.2 Å². The van der Waals surface area contributed by atoms with Crippen LogP contribution in [0.15, 0.2) is 97.1 Å². The summed E-state index contributed by atoms with van der Waals surface area (Å²) in [6.45, 7) is 18.4. The van der Waals surface area contributed by atoms with Crippen molar-refractivity contribution < 1.29 is 48.2 Å². The first kappa shape index (κ1) is 70.9. The lowest BCUT2D eigenvalue weighted by atomic mass is 9.93. The van der Waals surface area contributed by atoms with Crippen LogP contribution in [0.5, 0.6) is 35.0 Å². The largest absolute Gasteiger partial charge is 0.494 e. The molecule has 8 N–H and O–H groups in total. The lowest BCUT2D eigenvalue weighted by Gasteiger charge is -2.28. The molecule has 2 aromatic heterocycles. The molecule has 0 spiro atoms. The third-order valence-electron chi connectivity index (χ3n) is 14.4. The van der Waals surface area contributed by atoms with Gasteiger partial charge in [-0.1, -0.05) is 64.1 Å². The molecule has 4 aromatic carbocycles. The maximum absolute atomic E-state index is 13.4. The first-order chi connectivity index (χ1) is 44.2. The van der Waals surface area contributed by atoms with E-state index in [4.69, 9.17) is 28.4 Å². The molecule has 0 saturated heterocycles. The average Bonchev–Trinajstić information content (AvgIpc) is 0.973. The molecule has 6 heterocycles. The smallest absolute Gasteiger partial charge is 0.323 e. The summed E-state index contributed by atoms with van der Waals surface area (Å²) in [5.41, 5.74) is 3.91. The minimum Gasteiger partial charge on any atom is -0.494 e. The Morgan fingerprint density at radius 1 is 0.533 bits per heavy atom. The summed E-state index contributed by atoms with van der Waals surface area (Å²) in [6, 6.07) is 26.6. The van der Waals surface area contributed by atoms with Crippen LogP contribution in [0.2, 0.25) is 0 Å². The molecule has 12 bridgehead atoms. The second-order valence-corrected chi connectivity index (χ2v) is 24.8. The first-order valence-electron chi connectivity index (χ1n) is 31.9. The SMILES string of the molecule is CCOc1nc2nc(n1)Nc1ccc(C(=O)NCC(C)(C)CN(C)C)c(c1)OCCCC(O)C(O)CCCOc1ccc(cc1)CN2.CCOc1nc2nc(n1)Nc1ccc(C(=O)NCC(C)(C)CN(C)C)c(c1)OCCCC=CCCCOc1ccc(cc1)CN2. The molecule has 2 unspecified atom stereocenters. The van der Waals surface area contributed by atoms with Crippen molar-refractivity contribution in [1.82, 2.24) is 50.3 Å². The van der Waals surface area contributed by atoms with E-state index in [0.717, 1.165) is 61.4 Å². The van der Waals surface area contributed by atoms with Gasteiger partial charge in [-0.3, -0.25) is 9.59 Å². The van der Waals surface area contributed by atoms with Crippen molar-refractivity contribution in [2.75, 3.05) is 115 Å². The molecule has 92 heavy (non-hydrogen) atoms. The van der Waals surface area contributed by atoms with Gasteiger partial charge in [-0.25, -0.2) is 0 Å². The minimum atomic E-state index is -0.903. The molecule has 24 nitrogen and oxygen atoms in total. The van der Waals surface area contributed by atoms with E-state index in [1.807, 2.05) is 103 Å². The number of rotatable bonds is 14. The standard InChI is InChI=1S/C34H49N7O6.C34H47N7O4/c1-6-45-33-39-31-35-20-23-11-14-25(15-12-23)46-17-7-9-27(42)28(43)10-8-18-47-29-19-24(37-32(38-31)40-33)13-16-26(29)30(44)36-21-34(2,3)22-41(4)5;1-6-43-33-39-31-35-22-25-13-16-27(17-14-25)44-19-11-9-7-8-10-12-20-45-29-21-26(37-32(38-31)40-33)15-18-28(29)30(42)36-23-34(2,3)24-41(4)5/h11-16,19,27-28,42-43H,6-10,17-18,20-22H2,1-5H3,(H,36,44)(H2,35,37,38,39,40);7-8,13-18,21H,6,9-12,19-20,22-24H2,1-5H3,(H,36,42)(H2,35,37,38,39,40). The van der Waals surface area contributed by atoms with Crippen molar-refractivity contribution >= 4 is 47.0 Å². The Kier molecular flexibility index (Phi) is 27.6. The highest BCUT2D eigenvalue weighted by molar-refractivity contribution is 5.98. The number of allylic oxidation sites excluding steroid dienone is 2. The van der Waals surface area contributed by atoms with Crippen LogP contribution in [0.3, 0.4) is 0 Å². The molecule has 4 aliphatic heterocycles. The van der Waals surface area contributed by atoms with E-state index in [-0.39, 0.29) is 47.2 Å². The Hall–Kier alpha value is -8.58. The quantitative estimate of drug-likeness (QED) is 0.0471. The topological polar surface area (TPSA) is 286 Å². The molecule has 0 aliphatic carbocycles. The maximum atomic E-state index is 13.4. The van der Waals surface area contributed by atoms with Crippen molar-refractivity contribution in [3.8, 4) is 35.0 Å². The third kappa shape index (κ3) is 24.6. The van der Waals surface area contributed by atoms with Crippen LogP contribution < -0.4 is 60.3 Å². The number of nitrogens with zero attached hydrogens (tertiary/aromatic N) is 8. The van der Waals surface area contributed by atoms with E-state index in [1.54, 1.807) is 24.3 Å². The number of nitrogens with one attached hydrogen (secondary N) is 6. The molecule has 2 atom stereocenters. The summed E-state index contributed by atoms with van der Waals surface area (Å²) in [7, 11) is 8.07. The molecule has 2 amide bonds. The Morgan fingerprint density at radius 2 is 0.913 bits per heavy atom. The number of carbonyl (C=O) groups excluding carboxylic acids is 2. The second-order valence-electron chi connectivity index (χ2n) is 24.8. The number of aliphatic hydroxyl groups excluding tert-OH is 2. The fourth-order valence-electron chi connectivity index (χ4n) is 10.2. The van der Waals surface area contributed by atoms with Crippen LogP contribution in [-0.2, 0) is 13.1 Å². The summed E-state index contributed by atoms with van der Waals surface area (Å²) in [5, 5.41) is 40.1. The highest BCUT2D eigenvalue weighted by Crippen LogP contribution is 2.30. The van der Waals surface area contributed by atoms with Gasteiger partial charge in [0, 0.05) is 62.8 Å². The number of carbonyl (C=O) groups is 2. The van der Waals surface area contributed by atoms with Crippen LogP contribution in [0.25, 0.3) is 0 Å². The van der Waals surface area contributed by atoms with Crippen molar-refractivity contribution in [1.29, 1.82) is 0 Å². The summed E-state index contributed by atoms with van der Waals surface area (Å²) in [6.07, 6.45) is 7.95. The van der Waals surface area contributed by atoms with Crippen LogP contribution in [-0.4, -0.2) is 168 Å². The van der Waals surface area contributed by atoms with E-state index in [0.29, 0.717) is 137 Å². The number of benzene rings is 4. The predicted octanol–water partition coefficient (Wildman–Crippen LogP) is 9.83. The second kappa shape index (κ2) is 35.9. The summed E-state index contributed by atoms with van der Waals surface area (Å²) in [4.78, 5) is 57.7. The van der Waals surface area contributed by atoms with Crippen molar-refractivity contribution in [3.63, 3.8) is 0 Å². The van der Waals surface area contributed by atoms with E-state index in [2.05, 4.69) is 111 Å². The number of aliphatic hydroxyl groups is 2. The van der Waals surface area contributed by atoms with Crippen LogP contribution in [0.1, 0.15) is 125 Å². The molecular weight excluding hydrogens is 1170 g/mol. The molecule has 498 valence electrons. The number of ether oxygens (including phenoxy) is 6. The van der Waals surface area contributed by atoms with Crippen LogP contribution >= 0.6 is 0 Å². The predicted molar refractivity (Wildman–Crippen MR) is 358 cm³/mol. The van der Waals surface area contributed by atoms with Gasteiger partial charge in [0.1, 0.15) is 23.0 Å². The number of hydrogen-bond acceptors (Lipinski definition) is 22. The van der Waals surface area contributed by atoms with Crippen LogP contribution in [0, 0.1) is 10.8 Å². The monoisotopic (exact) mass is 1270 g/mol. The van der Waals surface area contributed by atoms with Gasteiger partial charge in [0.05, 0.1) is 63.0 Å². The van der Waals surface area contributed by atoms with Gasteiger partial charge in [0.15, 0.2) is 0 Å². The lowest BCUT2D eigenvalue weighted by Crippen LogP contribution is -2.40.